The number of aromatic nitrogens is 2. The van der Waals surface area contributed by atoms with Crippen molar-refractivity contribution in [1.82, 2.24) is 15.5 Å². The molecule has 3 heterocycles. The summed E-state index contributed by atoms with van der Waals surface area (Å²) in [6.07, 6.45) is 1.57. The van der Waals surface area contributed by atoms with E-state index in [4.69, 9.17) is 20.9 Å². The van der Waals surface area contributed by atoms with Crippen molar-refractivity contribution in [2.75, 3.05) is 25.1 Å². The van der Waals surface area contributed by atoms with Gasteiger partial charge in [0.05, 0.1) is 35.8 Å². The summed E-state index contributed by atoms with van der Waals surface area (Å²) in [5.74, 6) is 0.393. The summed E-state index contributed by atoms with van der Waals surface area (Å²) in [6, 6.07) is 7.15. The molecule has 0 aliphatic carbocycles. The van der Waals surface area contributed by atoms with Crippen LogP contribution in [0.5, 0.6) is 5.88 Å². The summed E-state index contributed by atoms with van der Waals surface area (Å²) in [5.41, 5.74) is 2.89. The molecule has 4 rings (SSSR count). The Bertz CT molecular complexity index is 982. The predicted octanol–water partition coefficient (Wildman–Crippen LogP) is 2.81. The van der Waals surface area contributed by atoms with Gasteiger partial charge in [0.1, 0.15) is 0 Å². The number of amides is 1. The van der Waals surface area contributed by atoms with E-state index in [0.717, 1.165) is 16.8 Å². The van der Waals surface area contributed by atoms with Crippen molar-refractivity contribution < 1.29 is 14.1 Å². The average Bonchev–Trinajstić information content (AvgIpc) is 2.99. The van der Waals surface area contributed by atoms with Crippen LogP contribution in [0.15, 0.2) is 35.0 Å². The van der Waals surface area contributed by atoms with Crippen molar-refractivity contribution in [3.63, 3.8) is 0 Å². The maximum Gasteiger partial charge on any atom is 0.251 e. The molecule has 7 nitrogen and oxygen atoms in total. The number of carbonyl (C=O) groups is 1. The Balaban J connectivity index is 1.41. The fraction of sp³-hybridized carbons (Fsp3) is 0.278. The van der Waals surface area contributed by atoms with E-state index in [9.17, 15) is 4.79 Å². The number of hydrogen-bond donors (Lipinski definition) is 1. The lowest BCUT2D eigenvalue weighted by molar-refractivity contribution is 0.0930. The number of benzene rings is 1. The smallest absolute Gasteiger partial charge is 0.251 e. The van der Waals surface area contributed by atoms with Crippen LogP contribution in [0.25, 0.3) is 11.0 Å². The number of carbonyl (C=O) groups excluding carboxylic acids is 1. The molecule has 0 radical (unpaired) electrons. The van der Waals surface area contributed by atoms with Crippen molar-refractivity contribution >= 4 is 34.2 Å². The number of fused-ring (bicyclic) bond motifs is 1. The minimum Gasteiger partial charge on any atom is -0.481 e. The number of aryl methyl sites for hydroxylation is 1. The van der Waals surface area contributed by atoms with Crippen LogP contribution in [-0.2, 0) is 0 Å². The number of pyridine rings is 1. The summed E-state index contributed by atoms with van der Waals surface area (Å²) in [4.78, 5) is 18.6. The second-order valence-electron chi connectivity index (χ2n) is 6.23. The fourth-order valence-corrected chi connectivity index (χ4v) is 3.22. The SMILES string of the molecule is COc1cc(N2CC(NC(=O)c3ccc4onc(C)c4c3)C2)c(Cl)cn1. The molecule has 1 amide bonds. The lowest BCUT2D eigenvalue weighted by atomic mass is 10.1. The van der Waals surface area contributed by atoms with E-state index in [1.54, 1.807) is 37.6 Å². The molecule has 2 aromatic heterocycles. The molecule has 1 aliphatic rings. The molecular formula is C18H17ClN4O3. The van der Waals surface area contributed by atoms with Crippen LogP contribution in [0.1, 0.15) is 16.1 Å². The van der Waals surface area contributed by atoms with Crippen molar-refractivity contribution in [2.24, 2.45) is 0 Å². The molecule has 1 aliphatic heterocycles. The highest BCUT2D eigenvalue weighted by atomic mass is 35.5. The van der Waals surface area contributed by atoms with Crippen molar-refractivity contribution in [3.05, 3.63) is 46.7 Å². The number of methoxy groups -OCH3 is 1. The number of halogens is 1. The van der Waals surface area contributed by atoms with Crippen LogP contribution in [-0.4, -0.2) is 42.3 Å². The minimum absolute atomic E-state index is 0.0528. The lowest BCUT2D eigenvalue weighted by Crippen LogP contribution is -2.59. The molecule has 3 aromatic rings. The van der Waals surface area contributed by atoms with E-state index < -0.39 is 0 Å². The Morgan fingerprint density at radius 3 is 2.96 bits per heavy atom. The normalized spacial score (nSPS) is 14.3. The molecular weight excluding hydrogens is 356 g/mol. The van der Waals surface area contributed by atoms with Crippen LogP contribution in [0, 0.1) is 6.92 Å². The molecule has 0 atom stereocenters. The first-order valence-electron chi connectivity index (χ1n) is 8.16. The summed E-state index contributed by atoms with van der Waals surface area (Å²) in [5, 5.41) is 8.35. The number of rotatable bonds is 4. The minimum atomic E-state index is -0.115. The first-order valence-corrected chi connectivity index (χ1v) is 8.54. The maximum atomic E-state index is 12.5. The van der Waals surface area contributed by atoms with Gasteiger partial charge in [0.15, 0.2) is 5.58 Å². The average molecular weight is 373 g/mol. The van der Waals surface area contributed by atoms with Gasteiger partial charge >= 0.3 is 0 Å². The number of nitrogens with zero attached hydrogens (tertiary/aromatic N) is 3. The van der Waals surface area contributed by atoms with E-state index in [1.165, 1.54) is 0 Å². The van der Waals surface area contributed by atoms with Crippen molar-refractivity contribution in [2.45, 2.75) is 13.0 Å². The Kier molecular flexibility index (Phi) is 4.16. The molecule has 0 unspecified atom stereocenters. The van der Waals surface area contributed by atoms with E-state index in [2.05, 4.69) is 20.4 Å². The third-order valence-corrected chi connectivity index (χ3v) is 4.78. The Labute approximate surface area is 154 Å². The van der Waals surface area contributed by atoms with Gasteiger partial charge in [-0.1, -0.05) is 16.8 Å². The molecule has 1 aromatic carbocycles. The zero-order chi connectivity index (χ0) is 18.3. The second kappa shape index (κ2) is 6.49. The second-order valence-corrected chi connectivity index (χ2v) is 6.64. The van der Waals surface area contributed by atoms with E-state index in [-0.39, 0.29) is 11.9 Å². The van der Waals surface area contributed by atoms with Gasteiger partial charge in [0, 0.05) is 30.1 Å². The molecule has 26 heavy (non-hydrogen) atoms. The maximum absolute atomic E-state index is 12.5. The van der Waals surface area contributed by atoms with Gasteiger partial charge in [-0.15, -0.1) is 0 Å². The lowest BCUT2D eigenvalue weighted by Gasteiger charge is -2.41. The molecule has 8 heteroatoms. The molecule has 1 saturated heterocycles. The monoisotopic (exact) mass is 372 g/mol. The quantitative estimate of drug-likeness (QED) is 0.758. The standard InChI is InChI=1S/C18H17ClN4O3/c1-10-13-5-11(3-4-16(13)26-22-10)18(24)21-12-8-23(9-12)15-6-17(25-2)20-7-14(15)19/h3-7,12H,8-9H2,1-2H3,(H,21,24). The van der Waals surface area contributed by atoms with Gasteiger partial charge in [0.2, 0.25) is 5.88 Å². The number of hydrogen-bond acceptors (Lipinski definition) is 6. The van der Waals surface area contributed by atoms with E-state index in [0.29, 0.717) is 35.1 Å². The first kappa shape index (κ1) is 16.7. The third-order valence-electron chi connectivity index (χ3n) is 4.49. The fourth-order valence-electron chi connectivity index (χ4n) is 3.00. The zero-order valence-corrected chi connectivity index (χ0v) is 15.1. The van der Waals surface area contributed by atoms with Gasteiger partial charge in [-0.05, 0) is 25.1 Å². The van der Waals surface area contributed by atoms with Crippen LogP contribution in [0.3, 0.4) is 0 Å². The molecule has 0 bridgehead atoms. The molecule has 0 saturated carbocycles. The zero-order valence-electron chi connectivity index (χ0n) is 14.3. The summed E-state index contributed by atoms with van der Waals surface area (Å²) in [6.45, 7) is 3.20. The molecule has 134 valence electrons. The Morgan fingerprint density at radius 1 is 1.38 bits per heavy atom. The van der Waals surface area contributed by atoms with Crippen molar-refractivity contribution in [3.8, 4) is 5.88 Å². The van der Waals surface area contributed by atoms with E-state index >= 15 is 0 Å². The highest BCUT2D eigenvalue weighted by molar-refractivity contribution is 6.33. The predicted molar refractivity (Wildman–Crippen MR) is 98.0 cm³/mol. The number of nitrogens with one attached hydrogen (secondary N) is 1. The molecule has 0 spiro atoms. The van der Waals surface area contributed by atoms with E-state index in [1.807, 2.05) is 6.92 Å². The molecule has 1 fully saturated rings. The Morgan fingerprint density at radius 2 is 2.19 bits per heavy atom. The highest BCUT2D eigenvalue weighted by Gasteiger charge is 2.30. The topological polar surface area (TPSA) is 80.5 Å². The van der Waals surface area contributed by atoms with Crippen LogP contribution in [0.2, 0.25) is 5.02 Å². The largest absolute Gasteiger partial charge is 0.481 e. The van der Waals surface area contributed by atoms with Gasteiger partial charge in [-0.25, -0.2) is 4.98 Å². The summed E-state index contributed by atoms with van der Waals surface area (Å²) >= 11 is 6.21. The van der Waals surface area contributed by atoms with Crippen molar-refractivity contribution in [1.29, 1.82) is 0 Å². The Hall–Kier alpha value is -2.80. The van der Waals surface area contributed by atoms with Crippen LogP contribution >= 0.6 is 11.6 Å². The van der Waals surface area contributed by atoms with Gasteiger partial charge < -0.3 is 19.5 Å². The van der Waals surface area contributed by atoms with Crippen LogP contribution in [0.4, 0.5) is 5.69 Å². The number of ether oxygens (including phenoxy) is 1. The highest BCUT2D eigenvalue weighted by Crippen LogP contribution is 2.31. The third kappa shape index (κ3) is 2.94. The van der Waals surface area contributed by atoms with Gasteiger partial charge in [-0.3, -0.25) is 4.79 Å². The first-order chi connectivity index (χ1) is 12.5. The molecule has 1 N–H and O–H groups in total. The summed E-state index contributed by atoms with van der Waals surface area (Å²) in [7, 11) is 1.56. The number of anilines is 1. The van der Waals surface area contributed by atoms with Gasteiger partial charge in [0.25, 0.3) is 5.91 Å². The van der Waals surface area contributed by atoms with Gasteiger partial charge in [-0.2, -0.15) is 0 Å². The summed E-state index contributed by atoms with van der Waals surface area (Å²) < 4.78 is 10.3. The van der Waals surface area contributed by atoms with Crippen LogP contribution < -0.4 is 15.0 Å².